The fourth-order valence-electron chi connectivity index (χ4n) is 2.97. The Morgan fingerprint density at radius 1 is 1.45 bits per heavy atom. The van der Waals surface area contributed by atoms with Gasteiger partial charge in [-0.25, -0.2) is 0 Å². The third-order valence-electron chi connectivity index (χ3n) is 3.42. The first-order chi connectivity index (χ1) is 9.39. The number of ether oxygens (including phenoxy) is 2. The first kappa shape index (κ1) is 15.1. The van der Waals surface area contributed by atoms with Crippen molar-refractivity contribution in [1.29, 1.82) is 0 Å². The van der Waals surface area contributed by atoms with E-state index in [1.54, 1.807) is 0 Å². The molecule has 0 aliphatic carbocycles. The molecule has 1 fully saturated rings. The van der Waals surface area contributed by atoms with Crippen LogP contribution in [-0.2, 0) is 11.3 Å². The van der Waals surface area contributed by atoms with Gasteiger partial charge in [-0.05, 0) is 45.9 Å². The van der Waals surface area contributed by atoms with Crippen molar-refractivity contribution in [2.45, 2.75) is 45.9 Å². The first-order valence-corrected chi connectivity index (χ1v) is 7.31. The summed E-state index contributed by atoms with van der Waals surface area (Å²) in [5, 5.41) is 0. The second kappa shape index (κ2) is 6.02. The van der Waals surface area contributed by atoms with E-state index in [9.17, 15) is 0 Å². The Bertz CT molecular complexity index is 460. The summed E-state index contributed by atoms with van der Waals surface area (Å²) in [6, 6.07) is 5.86. The van der Waals surface area contributed by atoms with Crippen LogP contribution in [0.1, 0.15) is 33.3 Å². The van der Waals surface area contributed by atoms with Crippen LogP contribution < -0.4 is 10.5 Å². The Hall–Kier alpha value is -1.26. The van der Waals surface area contributed by atoms with Gasteiger partial charge in [-0.15, -0.1) is 0 Å². The van der Waals surface area contributed by atoms with Crippen LogP contribution in [0.3, 0.4) is 0 Å². The molecule has 1 atom stereocenters. The summed E-state index contributed by atoms with van der Waals surface area (Å²) in [5.74, 6) is 0.929. The lowest BCUT2D eigenvalue weighted by atomic mass is 10.0. The third kappa shape index (κ3) is 3.87. The van der Waals surface area contributed by atoms with E-state index in [-0.39, 0.29) is 11.7 Å². The van der Waals surface area contributed by atoms with Crippen LogP contribution in [0.2, 0.25) is 0 Å². The van der Waals surface area contributed by atoms with Crippen molar-refractivity contribution >= 4 is 5.69 Å². The average Bonchev–Trinajstić information content (AvgIpc) is 2.30. The minimum Gasteiger partial charge on any atom is -0.494 e. The summed E-state index contributed by atoms with van der Waals surface area (Å²) in [4.78, 5) is 2.41. The summed E-state index contributed by atoms with van der Waals surface area (Å²) in [6.07, 6.45) is 0.246. The molecule has 2 rings (SSSR count). The molecule has 0 spiro atoms. The van der Waals surface area contributed by atoms with E-state index >= 15 is 0 Å². The number of morpholine rings is 1. The topological polar surface area (TPSA) is 47.7 Å². The summed E-state index contributed by atoms with van der Waals surface area (Å²) in [5.41, 5.74) is 7.73. The van der Waals surface area contributed by atoms with E-state index in [1.165, 1.54) is 0 Å². The van der Waals surface area contributed by atoms with Gasteiger partial charge in [0, 0.05) is 30.9 Å². The van der Waals surface area contributed by atoms with Gasteiger partial charge in [0.1, 0.15) is 5.75 Å². The Labute approximate surface area is 121 Å². The molecular weight excluding hydrogens is 252 g/mol. The molecule has 2 N–H and O–H groups in total. The highest BCUT2D eigenvalue weighted by Gasteiger charge is 2.31. The highest BCUT2D eigenvalue weighted by Crippen LogP contribution is 2.27. The van der Waals surface area contributed by atoms with Crippen molar-refractivity contribution in [3.8, 4) is 5.75 Å². The van der Waals surface area contributed by atoms with Crippen LogP contribution >= 0.6 is 0 Å². The number of benzene rings is 1. The van der Waals surface area contributed by atoms with Gasteiger partial charge in [-0.1, -0.05) is 0 Å². The van der Waals surface area contributed by atoms with Crippen LogP contribution in [0.5, 0.6) is 5.75 Å². The van der Waals surface area contributed by atoms with E-state index in [0.29, 0.717) is 6.61 Å². The number of hydrogen-bond donors (Lipinski definition) is 1. The van der Waals surface area contributed by atoms with Crippen LogP contribution in [0, 0.1) is 0 Å². The third-order valence-corrected chi connectivity index (χ3v) is 3.42. The van der Waals surface area contributed by atoms with Gasteiger partial charge in [-0.2, -0.15) is 0 Å². The molecule has 0 saturated carbocycles. The van der Waals surface area contributed by atoms with Crippen LogP contribution in [0.25, 0.3) is 0 Å². The molecule has 1 aliphatic rings. The highest BCUT2D eigenvalue weighted by molar-refractivity contribution is 5.47. The zero-order valence-corrected chi connectivity index (χ0v) is 13.0. The van der Waals surface area contributed by atoms with E-state index in [4.69, 9.17) is 15.2 Å². The molecule has 1 heterocycles. The van der Waals surface area contributed by atoms with Crippen molar-refractivity contribution in [2.24, 2.45) is 0 Å². The molecule has 1 aliphatic heterocycles. The quantitative estimate of drug-likeness (QED) is 0.860. The fourth-order valence-corrected chi connectivity index (χ4v) is 2.97. The average molecular weight is 278 g/mol. The number of nitrogens with two attached hydrogens (primary N) is 1. The molecule has 112 valence electrons. The Kier molecular flexibility index (Phi) is 4.55. The molecule has 1 unspecified atom stereocenters. The smallest absolute Gasteiger partial charge is 0.123 e. The molecule has 4 nitrogen and oxygen atoms in total. The maximum absolute atomic E-state index is 5.95. The Morgan fingerprint density at radius 3 is 2.85 bits per heavy atom. The van der Waals surface area contributed by atoms with Gasteiger partial charge >= 0.3 is 0 Å². The molecule has 4 heteroatoms. The minimum absolute atomic E-state index is 0.107. The van der Waals surface area contributed by atoms with Crippen molar-refractivity contribution in [1.82, 2.24) is 4.90 Å². The molecule has 1 aromatic rings. The number of nitrogens with zero attached hydrogens (tertiary/aromatic N) is 1. The van der Waals surface area contributed by atoms with E-state index in [2.05, 4.69) is 25.7 Å². The van der Waals surface area contributed by atoms with Gasteiger partial charge < -0.3 is 15.2 Å². The van der Waals surface area contributed by atoms with Crippen molar-refractivity contribution in [2.75, 3.05) is 25.4 Å². The SMILES string of the molecule is CCOc1ccc(N)cc1CN1CC(C)OC(C)(C)C1. The summed E-state index contributed by atoms with van der Waals surface area (Å²) >= 11 is 0. The van der Waals surface area contributed by atoms with Crippen LogP contribution in [0.4, 0.5) is 5.69 Å². The zero-order valence-electron chi connectivity index (χ0n) is 13.0. The molecule has 1 saturated heterocycles. The predicted octanol–water partition coefficient (Wildman–Crippen LogP) is 2.67. The summed E-state index contributed by atoms with van der Waals surface area (Å²) in [7, 11) is 0. The van der Waals surface area contributed by atoms with E-state index in [1.807, 2.05) is 25.1 Å². The number of rotatable bonds is 4. The largest absolute Gasteiger partial charge is 0.494 e. The number of nitrogen functional groups attached to an aromatic ring is 1. The standard InChI is InChI=1S/C16H26N2O2/c1-5-19-15-7-6-14(17)8-13(15)10-18-9-12(2)20-16(3,4)11-18/h6-8,12H,5,9-11,17H2,1-4H3. The second-order valence-corrected chi connectivity index (χ2v) is 6.16. The zero-order chi connectivity index (χ0) is 14.8. The highest BCUT2D eigenvalue weighted by atomic mass is 16.5. The Morgan fingerprint density at radius 2 is 2.20 bits per heavy atom. The van der Waals surface area contributed by atoms with Gasteiger partial charge in [-0.3, -0.25) is 4.90 Å². The van der Waals surface area contributed by atoms with Gasteiger partial charge in [0.2, 0.25) is 0 Å². The maximum Gasteiger partial charge on any atom is 0.123 e. The Balaban J connectivity index is 2.14. The monoisotopic (exact) mass is 278 g/mol. The molecule has 0 amide bonds. The van der Waals surface area contributed by atoms with E-state index < -0.39 is 0 Å². The molecule has 0 bridgehead atoms. The first-order valence-electron chi connectivity index (χ1n) is 7.31. The predicted molar refractivity (Wildman–Crippen MR) is 81.9 cm³/mol. The second-order valence-electron chi connectivity index (χ2n) is 6.16. The molecule has 0 radical (unpaired) electrons. The van der Waals surface area contributed by atoms with Crippen LogP contribution in [-0.4, -0.2) is 36.3 Å². The minimum atomic E-state index is -0.107. The van der Waals surface area contributed by atoms with Crippen molar-refractivity contribution < 1.29 is 9.47 Å². The molecular formula is C16H26N2O2. The normalized spacial score (nSPS) is 22.7. The fraction of sp³-hybridized carbons (Fsp3) is 0.625. The summed E-state index contributed by atoms with van der Waals surface area (Å²) in [6.45, 7) is 11.8. The number of hydrogen-bond acceptors (Lipinski definition) is 4. The molecule has 1 aromatic carbocycles. The van der Waals surface area contributed by atoms with Gasteiger partial charge in [0.15, 0.2) is 0 Å². The lowest BCUT2D eigenvalue weighted by Gasteiger charge is -2.41. The van der Waals surface area contributed by atoms with Crippen molar-refractivity contribution in [3.05, 3.63) is 23.8 Å². The lowest BCUT2D eigenvalue weighted by molar-refractivity contribution is -0.130. The van der Waals surface area contributed by atoms with Crippen LogP contribution in [0.15, 0.2) is 18.2 Å². The van der Waals surface area contributed by atoms with E-state index in [0.717, 1.165) is 36.6 Å². The number of anilines is 1. The maximum atomic E-state index is 5.95. The molecule has 0 aromatic heterocycles. The van der Waals surface area contributed by atoms with Crippen molar-refractivity contribution in [3.63, 3.8) is 0 Å². The van der Waals surface area contributed by atoms with Gasteiger partial charge in [0.25, 0.3) is 0 Å². The van der Waals surface area contributed by atoms with Gasteiger partial charge in [0.05, 0.1) is 18.3 Å². The molecule has 20 heavy (non-hydrogen) atoms. The summed E-state index contributed by atoms with van der Waals surface area (Å²) < 4.78 is 11.6. The lowest BCUT2D eigenvalue weighted by Crippen LogP contribution is -2.51.